The van der Waals surface area contributed by atoms with Gasteiger partial charge in [0.05, 0.1) is 6.20 Å². The maximum absolute atomic E-state index is 10.7. The summed E-state index contributed by atoms with van der Waals surface area (Å²) in [6.45, 7) is 4.14. The fourth-order valence-corrected chi connectivity index (χ4v) is 0.947. The Bertz CT molecular complexity index is 346. The van der Waals surface area contributed by atoms with Crippen LogP contribution in [0.3, 0.4) is 0 Å². The summed E-state index contributed by atoms with van der Waals surface area (Å²) >= 11 is 0. The molecule has 0 atom stereocenters. The Kier molecular flexibility index (Phi) is 2.80. The first kappa shape index (κ1) is 9.46. The first-order valence-corrected chi connectivity index (χ1v) is 4.08. The minimum absolute atomic E-state index is 0.0449. The predicted molar refractivity (Wildman–Crippen MR) is 46.9 cm³/mol. The number of aromatic nitrogens is 2. The summed E-state index contributed by atoms with van der Waals surface area (Å²) in [7, 11) is 0. The van der Waals surface area contributed by atoms with E-state index in [0.717, 1.165) is 5.56 Å². The van der Waals surface area contributed by atoms with Gasteiger partial charge in [-0.05, 0) is 11.5 Å². The largest absolute Gasteiger partial charge is 0.280 e. The van der Waals surface area contributed by atoms with Gasteiger partial charge in [-0.2, -0.15) is 10.4 Å². The van der Waals surface area contributed by atoms with Crippen LogP contribution in [0.4, 0.5) is 0 Å². The third-order valence-electron chi connectivity index (χ3n) is 1.75. The van der Waals surface area contributed by atoms with E-state index in [1.54, 1.807) is 18.5 Å². The van der Waals surface area contributed by atoms with Gasteiger partial charge in [0.15, 0.2) is 0 Å². The number of nitrogens with zero attached hydrogens (tertiary/aromatic N) is 3. The van der Waals surface area contributed by atoms with Crippen molar-refractivity contribution >= 4 is 5.78 Å². The summed E-state index contributed by atoms with van der Waals surface area (Å²) in [5.74, 6) is -0.0793. The molecule has 1 rings (SSSR count). The van der Waals surface area contributed by atoms with Crippen LogP contribution in [0, 0.1) is 11.3 Å². The molecule has 0 saturated heterocycles. The normalized spacial score (nSPS) is 10.0. The van der Waals surface area contributed by atoms with E-state index in [1.807, 2.05) is 13.8 Å². The lowest BCUT2D eigenvalue weighted by Gasteiger charge is -1.97. The molecule has 0 unspecified atom stereocenters. The first-order chi connectivity index (χ1) is 6.13. The summed E-state index contributed by atoms with van der Waals surface area (Å²) in [5.41, 5.74) is 1.07. The molecule has 0 amide bonds. The number of nitriles is 1. The fraction of sp³-hybridized carbons (Fsp3) is 0.444. The topological polar surface area (TPSA) is 58.7 Å². The number of carbonyl (C=O) groups excluding carboxylic acids is 1. The van der Waals surface area contributed by atoms with Crippen molar-refractivity contribution in [1.82, 2.24) is 9.78 Å². The van der Waals surface area contributed by atoms with E-state index < -0.39 is 5.78 Å². The van der Waals surface area contributed by atoms with Crippen molar-refractivity contribution in [2.75, 3.05) is 0 Å². The number of hydrogen-bond acceptors (Lipinski definition) is 3. The van der Waals surface area contributed by atoms with Gasteiger partial charge in [-0.1, -0.05) is 13.8 Å². The molecule has 0 aliphatic heterocycles. The SMILES string of the molecule is CC(C)c1cnn(CC(=O)C#N)c1. The van der Waals surface area contributed by atoms with Crippen LogP contribution in [0.15, 0.2) is 12.4 Å². The number of Topliss-reactive ketones (excluding diaryl/α,β-unsaturated/α-hetero) is 1. The Labute approximate surface area is 76.8 Å². The molecule has 1 heterocycles. The Balaban J connectivity index is 2.71. The van der Waals surface area contributed by atoms with Crippen molar-refractivity contribution < 1.29 is 4.79 Å². The van der Waals surface area contributed by atoms with Crippen LogP contribution in [0.25, 0.3) is 0 Å². The monoisotopic (exact) mass is 177 g/mol. The maximum Gasteiger partial charge on any atom is 0.253 e. The molecule has 0 spiro atoms. The lowest BCUT2D eigenvalue weighted by Crippen LogP contribution is -2.07. The zero-order valence-electron chi connectivity index (χ0n) is 7.69. The zero-order valence-corrected chi connectivity index (χ0v) is 7.69. The maximum atomic E-state index is 10.7. The average Bonchev–Trinajstić information content (AvgIpc) is 2.52. The molecule has 0 aromatic carbocycles. The molecule has 0 bridgehead atoms. The van der Waals surface area contributed by atoms with E-state index in [0.29, 0.717) is 5.92 Å². The molecule has 13 heavy (non-hydrogen) atoms. The van der Waals surface area contributed by atoms with E-state index in [1.165, 1.54) is 4.68 Å². The number of rotatable bonds is 3. The van der Waals surface area contributed by atoms with Crippen LogP contribution in [0.2, 0.25) is 0 Å². The van der Waals surface area contributed by atoms with Crippen LogP contribution in [-0.4, -0.2) is 15.6 Å². The van der Waals surface area contributed by atoms with Crippen LogP contribution in [0.1, 0.15) is 25.3 Å². The van der Waals surface area contributed by atoms with Gasteiger partial charge in [0, 0.05) is 6.20 Å². The first-order valence-electron chi connectivity index (χ1n) is 4.08. The Morgan fingerprint density at radius 2 is 2.46 bits per heavy atom. The smallest absolute Gasteiger partial charge is 0.253 e. The molecule has 1 aromatic heterocycles. The van der Waals surface area contributed by atoms with Crippen molar-refractivity contribution in [1.29, 1.82) is 5.26 Å². The zero-order chi connectivity index (χ0) is 9.84. The molecule has 0 N–H and O–H groups in total. The molecule has 0 radical (unpaired) electrons. The van der Waals surface area contributed by atoms with Gasteiger partial charge >= 0.3 is 0 Å². The van der Waals surface area contributed by atoms with Gasteiger partial charge in [0.1, 0.15) is 12.6 Å². The summed E-state index contributed by atoms with van der Waals surface area (Å²) in [5, 5.41) is 12.2. The molecule has 0 aliphatic rings. The van der Waals surface area contributed by atoms with Gasteiger partial charge in [0.2, 0.25) is 0 Å². The number of ketones is 1. The molecule has 4 nitrogen and oxygen atoms in total. The van der Waals surface area contributed by atoms with Crippen molar-refractivity contribution in [3.63, 3.8) is 0 Å². The van der Waals surface area contributed by atoms with Crippen LogP contribution in [-0.2, 0) is 11.3 Å². The Morgan fingerprint density at radius 3 is 2.92 bits per heavy atom. The number of hydrogen-bond donors (Lipinski definition) is 0. The molecular weight excluding hydrogens is 166 g/mol. The molecular formula is C9H11N3O. The van der Waals surface area contributed by atoms with E-state index in [-0.39, 0.29) is 6.54 Å². The second-order valence-electron chi connectivity index (χ2n) is 3.16. The quantitative estimate of drug-likeness (QED) is 0.649. The fourth-order valence-electron chi connectivity index (χ4n) is 0.947. The molecule has 0 saturated carbocycles. The highest BCUT2D eigenvalue weighted by Crippen LogP contribution is 2.11. The summed E-state index contributed by atoms with van der Waals surface area (Å²) < 4.78 is 1.49. The molecule has 0 aliphatic carbocycles. The lowest BCUT2D eigenvalue weighted by molar-refractivity contribution is -0.114. The standard InChI is InChI=1S/C9H11N3O/c1-7(2)8-4-11-12(5-8)6-9(13)3-10/h4-5,7H,6H2,1-2H3. The molecule has 1 aromatic rings. The van der Waals surface area contributed by atoms with Gasteiger partial charge in [-0.25, -0.2) is 0 Å². The highest BCUT2D eigenvalue weighted by Gasteiger charge is 2.05. The molecule has 4 heteroatoms. The highest BCUT2D eigenvalue weighted by molar-refractivity contribution is 5.92. The van der Waals surface area contributed by atoms with Crippen LogP contribution < -0.4 is 0 Å². The lowest BCUT2D eigenvalue weighted by atomic mass is 10.1. The van der Waals surface area contributed by atoms with Gasteiger partial charge in [-0.15, -0.1) is 0 Å². The summed E-state index contributed by atoms with van der Waals surface area (Å²) in [6, 6.07) is 1.55. The van der Waals surface area contributed by atoms with E-state index in [4.69, 9.17) is 5.26 Å². The molecule has 0 fully saturated rings. The van der Waals surface area contributed by atoms with Gasteiger partial charge < -0.3 is 0 Å². The molecule has 68 valence electrons. The summed E-state index contributed by atoms with van der Waals surface area (Å²) in [6.07, 6.45) is 3.51. The third-order valence-corrected chi connectivity index (χ3v) is 1.75. The van der Waals surface area contributed by atoms with Crippen molar-refractivity contribution in [3.8, 4) is 6.07 Å². The average molecular weight is 177 g/mol. The van der Waals surface area contributed by atoms with Gasteiger partial charge in [-0.3, -0.25) is 9.48 Å². The van der Waals surface area contributed by atoms with Crippen molar-refractivity contribution in [2.45, 2.75) is 26.3 Å². The highest BCUT2D eigenvalue weighted by atomic mass is 16.1. The minimum atomic E-state index is -0.474. The van der Waals surface area contributed by atoms with Crippen molar-refractivity contribution in [2.24, 2.45) is 0 Å². The summed E-state index contributed by atoms with van der Waals surface area (Å²) in [4.78, 5) is 10.7. The van der Waals surface area contributed by atoms with Crippen LogP contribution >= 0.6 is 0 Å². The third kappa shape index (κ3) is 2.41. The van der Waals surface area contributed by atoms with Crippen LogP contribution in [0.5, 0.6) is 0 Å². The second kappa shape index (κ2) is 3.85. The minimum Gasteiger partial charge on any atom is -0.280 e. The number of carbonyl (C=O) groups is 1. The van der Waals surface area contributed by atoms with E-state index in [9.17, 15) is 4.79 Å². The predicted octanol–water partition coefficient (Wildman–Crippen LogP) is 1.10. The van der Waals surface area contributed by atoms with Gasteiger partial charge in [0.25, 0.3) is 5.78 Å². The van der Waals surface area contributed by atoms with Crippen molar-refractivity contribution in [3.05, 3.63) is 18.0 Å². The van der Waals surface area contributed by atoms with E-state index >= 15 is 0 Å². The van der Waals surface area contributed by atoms with E-state index in [2.05, 4.69) is 5.10 Å². The Morgan fingerprint density at radius 1 is 1.77 bits per heavy atom. The second-order valence-corrected chi connectivity index (χ2v) is 3.16. The Hall–Kier alpha value is -1.63.